The Hall–Kier alpha value is -1.80. The summed E-state index contributed by atoms with van der Waals surface area (Å²) in [5.74, 6) is 0.724. The highest BCUT2D eigenvalue weighted by atomic mass is 35.5. The smallest absolute Gasteiger partial charge is 0.312 e. The lowest BCUT2D eigenvalue weighted by Crippen LogP contribution is -2.01. The summed E-state index contributed by atoms with van der Waals surface area (Å²) in [6.45, 7) is 0.374. The first-order valence-electron chi connectivity index (χ1n) is 5.06. The van der Waals surface area contributed by atoms with Crippen molar-refractivity contribution in [2.24, 2.45) is 0 Å². The molecule has 0 unspecified atom stereocenters. The van der Waals surface area contributed by atoms with Gasteiger partial charge in [0, 0.05) is 11.9 Å². The standard InChI is InChI=1S/C11H11ClN2O3/c12-5-1-2-6-17-11-4-3-9(8-13)7-10(11)14(15)16/h3-4,7H,1-2,5-6H2. The van der Waals surface area contributed by atoms with Crippen LogP contribution in [0.1, 0.15) is 18.4 Å². The molecule has 0 spiro atoms. The monoisotopic (exact) mass is 254 g/mol. The number of ether oxygens (including phenoxy) is 1. The fraction of sp³-hybridized carbons (Fsp3) is 0.364. The van der Waals surface area contributed by atoms with Crippen molar-refractivity contribution in [3.05, 3.63) is 33.9 Å². The number of nitriles is 1. The second-order valence-corrected chi connectivity index (χ2v) is 3.67. The summed E-state index contributed by atoms with van der Waals surface area (Å²) in [5.41, 5.74) is 0.0553. The molecule has 0 aliphatic heterocycles. The molecule has 0 aromatic heterocycles. The van der Waals surface area contributed by atoms with Crippen molar-refractivity contribution in [1.29, 1.82) is 5.26 Å². The van der Waals surface area contributed by atoms with Gasteiger partial charge < -0.3 is 4.74 Å². The van der Waals surface area contributed by atoms with Gasteiger partial charge in [0.25, 0.3) is 0 Å². The molecule has 17 heavy (non-hydrogen) atoms. The predicted octanol–water partition coefficient (Wildman–Crippen LogP) is 2.86. The molecule has 5 nitrogen and oxygen atoms in total. The van der Waals surface area contributed by atoms with E-state index in [0.29, 0.717) is 12.5 Å². The van der Waals surface area contributed by atoms with Crippen LogP contribution in [0, 0.1) is 21.4 Å². The van der Waals surface area contributed by atoms with E-state index in [-0.39, 0.29) is 17.0 Å². The van der Waals surface area contributed by atoms with E-state index in [1.165, 1.54) is 18.2 Å². The number of nitro groups is 1. The molecule has 1 aromatic rings. The zero-order valence-electron chi connectivity index (χ0n) is 9.06. The largest absolute Gasteiger partial charge is 0.487 e. The van der Waals surface area contributed by atoms with E-state index in [0.717, 1.165) is 12.8 Å². The molecular formula is C11H11ClN2O3. The number of benzene rings is 1. The van der Waals surface area contributed by atoms with Crippen LogP contribution in [0.5, 0.6) is 5.75 Å². The van der Waals surface area contributed by atoms with Gasteiger partial charge in [-0.25, -0.2) is 0 Å². The SMILES string of the molecule is N#Cc1ccc(OCCCCCl)c([N+](=O)[O-])c1. The Morgan fingerprint density at radius 2 is 2.24 bits per heavy atom. The second-order valence-electron chi connectivity index (χ2n) is 3.30. The van der Waals surface area contributed by atoms with Gasteiger partial charge in [-0.2, -0.15) is 5.26 Å². The van der Waals surface area contributed by atoms with Crippen LogP contribution < -0.4 is 4.74 Å². The molecule has 0 atom stereocenters. The summed E-state index contributed by atoms with van der Waals surface area (Å²) < 4.78 is 5.29. The molecule has 0 aliphatic carbocycles. The van der Waals surface area contributed by atoms with Gasteiger partial charge in [-0.1, -0.05) is 0 Å². The number of halogens is 1. The molecule has 0 saturated carbocycles. The van der Waals surface area contributed by atoms with Crippen molar-refractivity contribution < 1.29 is 9.66 Å². The summed E-state index contributed by atoms with van der Waals surface area (Å²) in [5, 5.41) is 19.4. The minimum atomic E-state index is -0.558. The number of hydrogen-bond acceptors (Lipinski definition) is 4. The van der Waals surface area contributed by atoms with Crippen LogP contribution in [0.2, 0.25) is 0 Å². The quantitative estimate of drug-likeness (QED) is 0.338. The zero-order valence-corrected chi connectivity index (χ0v) is 9.81. The van der Waals surface area contributed by atoms with Crippen LogP contribution in [-0.2, 0) is 0 Å². The van der Waals surface area contributed by atoms with E-state index in [9.17, 15) is 10.1 Å². The van der Waals surface area contributed by atoms with Crippen molar-refractivity contribution in [1.82, 2.24) is 0 Å². The summed E-state index contributed by atoms with van der Waals surface area (Å²) in [4.78, 5) is 10.2. The van der Waals surface area contributed by atoms with E-state index in [1.807, 2.05) is 6.07 Å². The van der Waals surface area contributed by atoms with Crippen molar-refractivity contribution >= 4 is 17.3 Å². The number of unbranched alkanes of at least 4 members (excludes halogenated alkanes) is 1. The van der Waals surface area contributed by atoms with Gasteiger partial charge >= 0.3 is 5.69 Å². The Balaban J connectivity index is 2.77. The average Bonchev–Trinajstić information content (AvgIpc) is 2.34. The number of nitro benzene ring substituents is 1. The Morgan fingerprint density at radius 3 is 2.82 bits per heavy atom. The number of nitrogens with zero attached hydrogens (tertiary/aromatic N) is 2. The fourth-order valence-electron chi connectivity index (χ4n) is 1.23. The van der Waals surface area contributed by atoms with Gasteiger partial charge in [0.15, 0.2) is 5.75 Å². The molecule has 1 aromatic carbocycles. The maximum Gasteiger partial charge on any atom is 0.312 e. The van der Waals surface area contributed by atoms with Crippen molar-refractivity contribution in [2.45, 2.75) is 12.8 Å². The molecule has 0 aliphatic rings. The van der Waals surface area contributed by atoms with E-state index in [1.54, 1.807) is 0 Å². The van der Waals surface area contributed by atoms with E-state index in [2.05, 4.69) is 0 Å². The van der Waals surface area contributed by atoms with Crippen LogP contribution in [0.4, 0.5) is 5.69 Å². The van der Waals surface area contributed by atoms with Gasteiger partial charge in [-0.15, -0.1) is 11.6 Å². The molecule has 0 amide bonds. The average molecular weight is 255 g/mol. The summed E-state index contributed by atoms with van der Waals surface area (Å²) >= 11 is 5.50. The normalized spacial score (nSPS) is 9.65. The van der Waals surface area contributed by atoms with Crippen molar-refractivity contribution in [2.75, 3.05) is 12.5 Å². The van der Waals surface area contributed by atoms with Crippen LogP contribution in [0.15, 0.2) is 18.2 Å². The highest BCUT2D eigenvalue weighted by Gasteiger charge is 2.15. The number of alkyl halides is 1. The lowest BCUT2D eigenvalue weighted by atomic mass is 10.2. The molecule has 0 fully saturated rings. The lowest BCUT2D eigenvalue weighted by molar-refractivity contribution is -0.385. The van der Waals surface area contributed by atoms with Crippen LogP contribution >= 0.6 is 11.6 Å². The summed E-state index contributed by atoms with van der Waals surface area (Å²) in [7, 11) is 0. The van der Waals surface area contributed by atoms with Gasteiger partial charge in [0.2, 0.25) is 0 Å². The first kappa shape index (κ1) is 13.3. The molecule has 0 N–H and O–H groups in total. The molecule has 0 saturated heterocycles. The van der Waals surface area contributed by atoms with E-state index < -0.39 is 4.92 Å². The Kier molecular flexibility index (Phi) is 5.24. The maximum absolute atomic E-state index is 10.8. The highest BCUT2D eigenvalue weighted by molar-refractivity contribution is 6.17. The maximum atomic E-state index is 10.8. The topological polar surface area (TPSA) is 76.2 Å². The molecular weight excluding hydrogens is 244 g/mol. The van der Waals surface area contributed by atoms with Crippen LogP contribution in [-0.4, -0.2) is 17.4 Å². The molecule has 0 bridgehead atoms. The third-order valence-electron chi connectivity index (χ3n) is 2.07. The molecule has 1 rings (SSSR count). The number of hydrogen-bond donors (Lipinski definition) is 0. The minimum absolute atomic E-state index is 0.184. The van der Waals surface area contributed by atoms with Crippen LogP contribution in [0.3, 0.4) is 0 Å². The Morgan fingerprint density at radius 1 is 1.47 bits per heavy atom. The highest BCUT2D eigenvalue weighted by Crippen LogP contribution is 2.27. The van der Waals surface area contributed by atoms with E-state index >= 15 is 0 Å². The first-order valence-corrected chi connectivity index (χ1v) is 5.59. The Bertz CT molecular complexity index is 443. The van der Waals surface area contributed by atoms with E-state index in [4.69, 9.17) is 21.6 Å². The molecule has 0 heterocycles. The minimum Gasteiger partial charge on any atom is -0.487 e. The Labute approximate surface area is 104 Å². The molecule has 0 radical (unpaired) electrons. The van der Waals surface area contributed by atoms with Gasteiger partial charge in [0.05, 0.1) is 23.2 Å². The fourth-order valence-corrected chi connectivity index (χ4v) is 1.42. The summed E-state index contributed by atoms with van der Waals surface area (Å²) in [6.07, 6.45) is 1.53. The summed E-state index contributed by atoms with van der Waals surface area (Å²) in [6, 6.07) is 5.99. The van der Waals surface area contributed by atoms with Crippen molar-refractivity contribution in [3.63, 3.8) is 0 Å². The third kappa shape index (κ3) is 3.93. The van der Waals surface area contributed by atoms with Crippen molar-refractivity contribution in [3.8, 4) is 11.8 Å². The number of rotatable bonds is 6. The third-order valence-corrected chi connectivity index (χ3v) is 2.34. The zero-order chi connectivity index (χ0) is 12.7. The lowest BCUT2D eigenvalue weighted by Gasteiger charge is -2.06. The first-order chi connectivity index (χ1) is 8.19. The molecule has 90 valence electrons. The van der Waals surface area contributed by atoms with Crippen LogP contribution in [0.25, 0.3) is 0 Å². The predicted molar refractivity (Wildman–Crippen MR) is 63.3 cm³/mol. The van der Waals surface area contributed by atoms with Gasteiger partial charge in [0.1, 0.15) is 0 Å². The van der Waals surface area contributed by atoms with Gasteiger partial charge in [-0.3, -0.25) is 10.1 Å². The molecule has 6 heteroatoms. The second kappa shape index (κ2) is 6.71. The van der Waals surface area contributed by atoms with Gasteiger partial charge in [-0.05, 0) is 25.0 Å².